The van der Waals surface area contributed by atoms with Gasteiger partial charge in [0.1, 0.15) is 11.3 Å². The van der Waals surface area contributed by atoms with Gasteiger partial charge in [-0.2, -0.15) is 13.2 Å². The molecule has 0 unspecified atom stereocenters. The van der Waals surface area contributed by atoms with E-state index in [0.29, 0.717) is 0 Å². The van der Waals surface area contributed by atoms with E-state index in [1.165, 1.54) is 24.3 Å². The topological polar surface area (TPSA) is 72.1 Å². The zero-order chi connectivity index (χ0) is 22.9. The Labute approximate surface area is 181 Å². The van der Waals surface area contributed by atoms with Crippen LogP contribution in [0.4, 0.5) is 13.2 Å². The molecular weight excluding hydrogens is 427 g/mol. The predicted molar refractivity (Wildman–Crippen MR) is 111 cm³/mol. The van der Waals surface area contributed by atoms with Gasteiger partial charge in [-0.15, -0.1) is 0 Å². The third-order valence-corrected chi connectivity index (χ3v) is 5.30. The fourth-order valence-electron chi connectivity index (χ4n) is 3.80. The molecule has 0 spiro atoms. The van der Waals surface area contributed by atoms with Gasteiger partial charge in [0.15, 0.2) is 11.5 Å². The van der Waals surface area contributed by atoms with Crippen LogP contribution in [0.2, 0.25) is 0 Å². The summed E-state index contributed by atoms with van der Waals surface area (Å²) in [6.45, 7) is 3.66. The Balaban J connectivity index is 1.89. The number of para-hydroxylation sites is 2. The Bertz CT molecular complexity index is 1180. The van der Waals surface area contributed by atoms with Gasteiger partial charge in [-0.1, -0.05) is 12.1 Å². The van der Waals surface area contributed by atoms with Gasteiger partial charge in [-0.05, 0) is 57.1 Å². The van der Waals surface area contributed by atoms with Crippen LogP contribution in [0.15, 0.2) is 45.6 Å². The summed E-state index contributed by atoms with van der Waals surface area (Å²) >= 11 is 0. The molecule has 32 heavy (non-hydrogen) atoms. The molecule has 1 N–H and O–H groups in total. The normalized spacial score (nSPS) is 14.8. The van der Waals surface area contributed by atoms with Crippen LogP contribution in [0, 0.1) is 0 Å². The van der Waals surface area contributed by atoms with Crippen LogP contribution in [0.5, 0.6) is 23.0 Å². The minimum absolute atomic E-state index is 0.0393. The summed E-state index contributed by atoms with van der Waals surface area (Å²) in [4.78, 5) is 15.1. The molecule has 0 bridgehead atoms. The van der Waals surface area contributed by atoms with Crippen LogP contribution in [0.3, 0.4) is 0 Å². The molecule has 1 fully saturated rings. The highest BCUT2D eigenvalue weighted by molar-refractivity contribution is 5.83. The highest BCUT2D eigenvalue weighted by Gasteiger charge is 2.41. The number of fused-ring (bicyclic) bond motifs is 1. The van der Waals surface area contributed by atoms with Crippen molar-refractivity contribution in [2.24, 2.45) is 0 Å². The first-order valence-electron chi connectivity index (χ1n) is 10.3. The van der Waals surface area contributed by atoms with Crippen LogP contribution in [-0.2, 0) is 12.7 Å². The van der Waals surface area contributed by atoms with E-state index in [-0.39, 0.29) is 46.9 Å². The minimum Gasteiger partial charge on any atom is -0.507 e. The van der Waals surface area contributed by atoms with Crippen molar-refractivity contribution in [1.29, 1.82) is 0 Å². The van der Waals surface area contributed by atoms with Crippen molar-refractivity contribution in [2.75, 3.05) is 19.7 Å². The maximum atomic E-state index is 13.9. The zero-order valence-corrected chi connectivity index (χ0v) is 17.4. The van der Waals surface area contributed by atoms with Gasteiger partial charge in [0, 0.05) is 6.54 Å². The molecular formula is C23H22F3NO5. The number of hydrogen-bond acceptors (Lipinski definition) is 6. The molecule has 4 rings (SSSR count). The number of hydrogen-bond donors (Lipinski definition) is 1. The van der Waals surface area contributed by atoms with Crippen molar-refractivity contribution in [3.63, 3.8) is 0 Å². The maximum absolute atomic E-state index is 13.9. The number of phenolic OH excluding ortho intramolecular Hbond substituents is 1. The molecule has 1 aliphatic rings. The number of rotatable bonds is 6. The van der Waals surface area contributed by atoms with Gasteiger partial charge in [0.2, 0.25) is 11.2 Å². The number of likely N-dealkylation sites (tertiary alicyclic amines) is 1. The van der Waals surface area contributed by atoms with Crippen LogP contribution >= 0.6 is 0 Å². The van der Waals surface area contributed by atoms with E-state index in [4.69, 9.17) is 13.9 Å². The summed E-state index contributed by atoms with van der Waals surface area (Å²) in [7, 11) is 0. The van der Waals surface area contributed by atoms with E-state index in [2.05, 4.69) is 0 Å². The largest absolute Gasteiger partial charge is 0.507 e. The first-order valence-corrected chi connectivity index (χ1v) is 10.3. The highest BCUT2D eigenvalue weighted by Crippen LogP contribution is 2.41. The Hall–Kier alpha value is -3.20. The molecule has 0 radical (unpaired) electrons. The molecule has 2 heterocycles. The second-order valence-electron chi connectivity index (χ2n) is 7.49. The quantitative estimate of drug-likeness (QED) is 0.550. The molecule has 0 amide bonds. The summed E-state index contributed by atoms with van der Waals surface area (Å²) < 4.78 is 57.9. The summed E-state index contributed by atoms with van der Waals surface area (Å²) in [5.41, 5.74) is -1.12. The molecule has 1 saturated heterocycles. The third-order valence-electron chi connectivity index (χ3n) is 5.30. The first kappa shape index (κ1) is 22.0. The Morgan fingerprint density at radius 1 is 1.09 bits per heavy atom. The minimum atomic E-state index is -5.00. The predicted octanol–water partition coefficient (Wildman–Crippen LogP) is 5.30. The molecule has 6 nitrogen and oxygen atoms in total. The average Bonchev–Trinajstić information content (AvgIpc) is 3.26. The van der Waals surface area contributed by atoms with Crippen molar-refractivity contribution in [3.8, 4) is 23.0 Å². The summed E-state index contributed by atoms with van der Waals surface area (Å²) in [6.07, 6.45) is -3.08. The van der Waals surface area contributed by atoms with E-state index in [9.17, 15) is 23.1 Å². The number of ether oxygens (including phenoxy) is 2. The van der Waals surface area contributed by atoms with Crippen LogP contribution in [-0.4, -0.2) is 29.7 Å². The summed E-state index contributed by atoms with van der Waals surface area (Å²) in [5, 5.41) is 10.2. The Morgan fingerprint density at radius 2 is 1.78 bits per heavy atom. The number of nitrogens with zero attached hydrogens (tertiary/aromatic N) is 1. The monoisotopic (exact) mass is 449 g/mol. The molecule has 0 saturated carbocycles. The molecule has 0 atom stereocenters. The lowest BCUT2D eigenvalue weighted by atomic mass is 10.1. The molecule has 9 heteroatoms. The SMILES string of the molecule is CCOc1ccccc1Oc1c(C(F)(F)F)oc2c(CN3CCCC3)c(O)ccc2c1=O. The van der Waals surface area contributed by atoms with Gasteiger partial charge >= 0.3 is 6.18 Å². The van der Waals surface area contributed by atoms with Gasteiger partial charge in [-0.3, -0.25) is 9.69 Å². The standard InChI is InChI=1S/C23H22F3NO5/c1-2-30-17-7-3-4-8-18(17)31-21-19(29)14-9-10-16(28)15(13-27-11-5-6-12-27)20(14)32-22(21)23(24,25)26/h3-4,7-10,28H,2,5-6,11-13H2,1H3. The van der Waals surface area contributed by atoms with Crippen LogP contribution in [0.1, 0.15) is 31.1 Å². The first-order chi connectivity index (χ1) is 15.3. The van der Waals surface area contributed by atoms with Gasteiger partial charge in [0.05, 0.1) is 17.6 Å². The van der Waals surface area contributed by atoms with Crippen molar-refractivity contribution in [1.82, 2.24) is 4.90 Å². The third kappa shape index (κ3) is 4.25. The zero-order valence-electron chi connectivity index (χ0n) is 17.4. The molecule has 170 valence electrons. The van der Waals surface area contributed by atoms with Gasteiger partial charge < -0.3 is 19.0 Å². The maximum Gasteiger partial charge on any atom is 0.453 e. The smallest absolute Gasteiger partial charge is 0.453 e. The van der Waals surface area contributed by atoms with Crippen LogP contribution in [0.25, 0.3) is 11.0 Å². The molecule has 2 aromatic carbocycles. The molecule has 1 aliphatic heterocycles. The van der Waals surface area contributed by atoms with E-state index >= 15 is 0 Å². The van der Waals surface area contributed by atoms with E-state index < -0.39 is 23.1 Å². The lowest BCUT2D eigenvalue weighted by molar-refractivity contribution is -0.154. The van der Waals surface area contributed by atoms with E-state index in [0.717, 1.165) is 25.9 Å². The molecule has 0 aliphatic carbocycles. The number of phenols is 1. The Morgan fingerprint density at radius 3 is 2.44 bits per heavy atom. The van der Waals surface area contributed by atoms with E-state index in [1.54, 1.807) is 19.1 Å². The van der Waals surface area contributed by atoms with Crippen molar-refractivity contribution >= 4 is 11.0 Å². The lowest BCUT2D eigenvalue weighted by Crippen LogP contribution is -2.20. The molecule has 3 aromatic rings. The summed E-state index contributed by atoms with van der Waals surface area (Å²) in [5.74, 6) is -2.61. The molecule has 1 aromatic heterocycles. The fraction of sp³-hybridized carbons (Fsp3) is 0.348. The fourth-order valence-corrected chi connectivity index (χ4v) is 3.80. The number of aromatic hydroxyl groups is 1. The number of halogens is 3. The number of benzene rings is 2. The van der Waals surface area contributed by atoms with Gasteiger partial charge in [0.25, 0.3) is 5.76 Å². The van der Waals surface area contributed by atoms with Gasteiger partial charge in [-0.25, -0.2) is 0 Å². The lowest BCUT2D eigenvalue weighted by Gasteiger charge is -2.19. The van der Waals surface area contributed by atoms with E-state index in [1.807, 2.05) is 4.90 Å². The summed E-state index contributed by atoms with van der Waals surface area (Å²) in [6, 6.07) is 8.66. The highest BCUT2D eigenvalue weighted by atomic mass is 19.4. The second kappa shape index (κ2) is 8.74. The second-order valence-corrected chi connectivity index (χ2v) is 7.49. The van der Waals surface area contributed by atoms with Crippen molar-refractivity contribution in [2.45, 2.75) is 32.5 Å². The van der Waals surface area contributed by atoms with Crippen molar-refractivity contribution in [3.05, 3.63) is 57.9 Å². The Kier molecular flexibility index (Phi) is 6.01. The van der Waals surface area contributed by atoms with Crippen molar-refractivity contribution < 1.29 is 32.2 Å². The average molecular weight is 449 g/mol. The number of alkyl halides is 3. The van der Waals surface area contributed by atoms with Crippen LogP contribution < -0.4 is 14.9 Å².